The number of hydrogen-bond acceptors (Lipinski definition) is 2. The first kappa shape index (κ1) is 14.5. The lowest BCUT2D eigenvalue weighted by Crippen LogP contribution is -2.27. The second-order valence-electron chi connectivity index (χ2n) is 5.36. The van der Waals surface area contributed by atoms with E-state index in [2.05, 4.69) is 19.1 Å². The Bertz CT molecular complexity index is 415. The highest BCUT2D eigenvalue weighted by Gasteiger charge is 2.24. The molecular formula is C16H23NOS. The van der Waals surface area contributed by atoms with Crippen LogP contribution in [-0.4, -0.2) is 11.1 Å². The number of hydrogen-bond donors (Lipinski definition) is 1. The molecule has 1 fully saturated rings. The predicted molar refractivity (Wildman–Crippen MR) is 83.2 cm³/mol. The smallest absolute Gasteiger partial charge is 0.103 e. The lowest BCUT2D eigenvalue weighted by Gasteiger charge is -2.30. The summed E-state index contributed by atoms with van der Waals surface area (Å²) >= 11 is 4.95. The van der Waals surface area contributed by atoms with E-state index in [-0.39, 0.29) is 0 Å². The third kappa shape index (κ3) is 4.02. The zero-order valence-corrected chi connectivity index (χ0v) is 12.4. The molecule has 0 saturated heterocycles. The van der Waals surface area contributed by atoms with Gasteiger partial charge in [-0.25, -0.2) is 0 Å². The molecule has 104 valence electrons. The third-order valence-corrected chi connectivity index (χ3v) is 4.30. The number of ether oxygens (including phenoxy) is 1. The van der Waals surface area contributed by atoms with Gasteiger partial charge in [0.1, 0.15) is 4.99 Å². The lowest BCUT2D eigenvalue weighted by atomic mass is 9.85. The van der Waals surface area contributed by atoms with Crippen molar-refractivity contribution in [1.29, 1.82) is 0 Å². The van der Waals surface area contributed by atoms with Crippen LogP contribution >= 0.6 is 12.2 Å². The van der Waals surface area contributed by atoms with Crippen LogP contribution in [0.1, 0.15) is 50.2 Å². The Morgan fingerprint density at radius 1 is 1.26 bits per heavy atom. The molecule has 0 spiro atoms. The summed E-state index contributed by atoms with van der Waals surface area (Å²) in [4.78, 5) is 0.450. The average molecular weight is 277 g/mol. The average Bonchev–Trinajstić information content (AvgIpc) is 2.45. The van der Waals surface area contributed by atoms with E-state index >= 15 is 0 Å². The van der Waals surface area contributed by atoms with Gasteiger partial charge in [-0.15, -0.1) is 0 Å². The minimum absolute atomic E-state index is 0.439. The van der Waals surface area contributed by atoms with Crippen molar-refractivity contribution in [1.82, 2.24) is 0 Å². The molecule has 0 bridgehead atoms. The SMILES string of the molecule is CCC1CCCCC1OCc1ccc(C(N)=S)cc1. The Morgan fingerprint density at radius 3 is 2.58 bits per heavy atom. The van der Waals surface area contributed by atoms with E-state index in [1.165, 1.54) is 37.7 Å². The fourth-order valence-electron chi connectivity index (χ4n) is 2.83. The van der Waals surface area contributed by atoms with Crippen LogP contribution in [0.5, 0.6) is 0 Å². The number of rotatable bonds is 5. The number of nitrogens with two attached hydrogens (primary N) is 1. The summed E-state index contributed by atoms with van der Waals surface area (Å²) in [7, 11) is 0. The zero-order chi connectivity index (χ0) is 13.7. The highest BCUT2D eigenvalue weighted by molar-refractivity contribution is 7.80. The van der Waals surface area contributed by atoms with E-state index in [1.54, 1.807) is 0 Å². The van der Waals surface area contributed by atoms with E-state index in [4.69, 9.17) is 22.7 Å². The molecule has 2 N–H and O–H groups in total. The van der Waals surface area contributed by atoms with Gasteiger partial charge in [-0.3, -0.25) is 0 Å². The van der Waals surface area contributed by atoms with Crippen LogP contribution in [0.25, 0.3) is 0 Å². The minimum Gasteiger partial charge on any atom is -0.389 e. The first-order valence-electron chi connectivity index (χ1n) is 7.21. The molecule has 1 saturated carbocycles. The van der Waals surface area contributed by atoms with Crippen molar-refractivity contribution in [2.45, 2.75) is 51.7 Å². The van der Waals surface area contributed by atoms with Gasteiger partial charge in [-0.05, 0) is 24.3 Å². The fraction of sp³-hybridized carbons (Fsp3) is 0.562. The van der Waals surface area contributed by atoms with E-state index in [0.717, 1.165) is 11.5 Å². The monoisotopic (exact) mass is 277 g/mol. The standard InChI is InChI=1S/C16H23NOS/c1-2-13-5-3-4-6-15(13)18-11-12-7-9-14(10-8-12)16(17)19/h7-10,13,15H,2-6,11H2,1H3,(H2,17,19). The molecule has 0 heterocycles. The second kappa shape index (κ2) is 7.01. The first-order valence-corrected chi connectivity index (χ1v) is 7.62. The van der Waals surface area contributed by atoms with Crippen LogP contribution in [0.3, 0.4) is 0 Å². The molecule has 1 aromatic rings. The van der Waals surface area contributed by atoms with Gasteiger partial charge in [0.15, 0.2) is 0 Å². The van der Waals surface area contributed by atoms with Crippen molar-refractivity contribution < 1.29 is 4.74 Å². The number of benzene rings is 1. The summed E-state index contributed by atoms with van der Waals surface area (Å²) in [5, 5.41) is 0. The Kier molecular flexibility index (Phi) is 5.34. The minimum atomic E-state index is 0.439. The van der Waals surface area contributed by atoms with Gasteiger partial charge in [-0.2, -0.15) is 0 Å². The van der Waals surface area contributed by atoms with Crippen LogP contribution in [-0.2, 0) is 11.3 Å². The molecule has 1 aromatic carbocycles. The molecule has 0 radical (unpaired) electrons. The molecule has 0 amide bonds. The van der Waals surface area contributed by atoms with Gasteiger partial charge in [0.2, 0.25) is 0 Å². The van der Waals surface area contributed by atoms with Crippen LogP contribution < -0.4 is 5.73 Å². The van der Waals surface area contributed by atoms with Crippen LogP contribution in [0.4, 0.5) is 0 Å². The Labute approximate surface area is 121 Å². The maximum Gasteiger partial charge on any atom is 0.103 e. The van der Waals surface area contributed by atoms with Crippen molar-refractivity contribution in [3.05, 3.63) is 35.4 Å². The zero-order valence-electron chi connectivity index (χ0n) is 11.6. The summed E-state index contributed by atoms with van der Waals surface area (Å²) in [5.41, 5.74) is 7.71. The molecule has 2 rings (SSSR count). The van der Waals surface area contributed by atoms with Gasteiger partial charge >= 0.3 is 0 Å². The highest BCUT2D eigenvalue weighted by Crippen LogP contribution is 2.29. The molecule has 1 aliphatic rings. The summed E-state index contributed by atoms with van der Waals surface area (Å²) in [5.74, 6) is 0.740. The summed E-state index contributed by atoms with van der Waals surface area (Å²) in [6.07, 6.45) is 6.87. The highest BCUT2D eigenvalue weighted by atomic mass is 32.1. The molecule has 0 aliphatic heterocycles. The molecule has 0 aromatic heterocycles. The van der Waals surface area contributed by atoms with Crippen molar-refractivity contribution in [3.63, 3.8) is 0 Å². The predicted octanol–water partition coefficient (Wildman–Crippen LogP) is 3.81. The third-order valence-electron chi connectivity index (χ3n) is 4.07. The Hall–Kier alpha value is -0.930. The largest absolute Gasteiger partial charge is 0.389 e. The topological polar surface area (TPSA) is 35.2 Å². The van der Waals surface area contributed by atoms with Crippen molar-refractivity contribution >= 4 is 17.2 Å². The van der Waals surface area contributed by atoms with E-state index < -0.39 is 0 Å². The first-order chi connectivity index (χ1) is 9.20. The van der Waals surface area contributed by atoms with Gasteiger partial charge in [-0.1, -0.05) is 62.7 Å². The summed E-state index contributed by atoms with van der Waals surface area (Å²) < 4.78 is 6.11. The van der Waals surface area contributed by atoms with E-state index in [1.807, 2.05) is 12.1 Å². The fourth-order valence-corrected chi connectivity index (χ4v) is 2.96. The van der Waals surface area contributed by atoms with Crippen LogP contribution in [0, 0.1) is 5.92 Å². The molecule has 2 unspecified atom stereocenters. The van der Waals surface area contributed by atoms with Crippen molar-refractivity contribution in [2.75, 3.05) is 0 Å². The molecule has 2 nitrogen and oxygen atoms in total. The number of thiocarbonyl (C=S) groups is 1. The van der Waals surface area contributed by atoms with Crippen molar-refractivity contribution in [2.24, 2.45) is 11.7 Å². The van der Waals surface area contributed by atoms with Gasteiger partial charge in [0.05, 0.1) is 12.7 Å². The van der Waals surface area contributed by atoms with Crippen LogP contribution in [0.2, 0.25) is 0 Å². The Morgan fingerprint density at radius 2 is 1.95 bits per heavy atom. The quantitative estimate of drug-likeness (QED) is 0.831. The van der Waals surface area contributed by atoms with Gasteiger partial charge < -0.3 is 10.5 Å². The molecule has 2 atom stereocenters. The summed E-state index contributed by atoms with van der Waals surface area (Å²) in [6, 6.07) is 8.05. The molecule has 3 heteroatoms. The summed E-state index contributed by atoms with van der Waals surface area (Å²) in [6.45, 7) is 2.96. The molecule has 1 aliphatic carbocycles. The van der Waals surface area contributed by atoms with Crippen LogP contribution in [0.15, 0.2) is 24.3 Å². The molecule has 19 heavy (non-hydrogen) atoms. The van der Waals surface area contributed by atoms with Gasteiger partial charge in [0.25, 0.3) is 0 Å². The lowest BCUT2D eigenvalue weighted by molar-refractivity contribution is -0.0221. The van der Waals surface area contributed by atoms with Crippen molar-refractivity contribution in [3.8, 4) is 0 Å². The maximum atomic E-state index is 6.11. The Balaban J connectivity index is 1.88. The van der Waals surface area contributed by atoms with E-state index in [9.17, 15) is 0 Å². The molecular weight excluding hydrogens is 254 g/mol. The normalized spacial score (nSPS) is 23.2. The second-order valence-corrected chi connectivity index (χ2v) is 5.80. The van der Waals surface area contributed by atoms with Gasteiger partial charge in [0, 0.05) is 5.56 Å². The maximum absolute atomic E-state index is 6.11. The van der Waals surface area contributed by atoms with E-state index in [0.29, 0.717) is 17.7 Å².